The molecule has 2 N–H and O–H groups in total. The third-order valence-electron chi connectivity index (χ3n) is 6.92. The van der Waals surface area contributed by atoms with Gasteiger partial charge < -0.3 is 24.8 Å². The van der Waals surface area contributed by atoms with Crippen LogP contribution in [-0.4, -0.2) is 64.2 Å². The number of anilines is 1. The van der Waals surface area contributed by atoms with Crippen molar-refractivity contribution in [2.45, 2.75) is 50.9 Å². The zero-order chi connectivity index (χ0) is 24.2. The highest BCUT2D eigenvalue weighted by atomic mass is 35.5. The Bertz CT molecular complexity index is 1160. The van der Waals surface area contributed by atoms with E-state index in [0.717, 1.165) is 45.4 Å². The van der Waals surface area contributed by atoms with Gasteiger partial charge in [0.25, 0.3) is 0 Å². The van der Waals surface area contributed by atoms with Gasteiger partial charge >= 0.3 is 0 Å². The van der Waals surface area contributed by atoms with Crippen molar-refractivity contribution in [2.24, 2.45) is 5.92 Å². The molecule has 2 fully saturated rings. The molecular formula is C26H33ClN6O2. The van der Waals surface area contributed by atoms with Gasteiger partial charge in [-0.15, -0.1) is 0 Å². The molecule has 0 radical (unpaired) electrons. The zero-order valence-corrected chi connectivity index (χ0v) is 20.9. The Labute approximate surface area is 211 Å². The van der Waals surface area contributed by atoms with Crippen LogP contribution in [0.3, 0.4) is 0 Å². The topological polar surface area (TPSA) is 84.3 Å². The van der Waals surface area contributed by atoms with E-state index in [1.54, 1.807) is 13.2 Å². The highest BCUT2D eigenvalue weighted by Crippen LogP contribution is 2.33. The van der Waals surface area contributed by atoms with Crippen LogP contribution in [0.4, 0.5) is 5.82 Å². The number of para-hydroxylation sites is 1. The highest BCUT2D eigenvalue weighted by Gasteiger charge is 2.38. The first-order valence-electron chi connectivity index (χ1n) is 12.4. The highest BCUT2D eigenvalue weighted by molar-refractivity contribution is 6.29. The fraction of sp³-hybridized carbons (Fsp3) is 0.500. The quantitative estimate of drug-likeness (QED) is 0.329. The van der Waals surface area contributed by atoms with Gasteiger partial charge in [-0.05, 0) is 37.3 Å². The first kappa shape index (κ1) is 24.0. The molecule has 9 heteroatoms. The van der Waals surface area contributed by atoms with E-state index >= 15 is 0 Å². The minimum absolute atomic E-state index is 0.0748. The number of aryl methyl sites for hydroxylation is 1. The van der Waals surface area contributed by atoms with Crippen LogP contribution < -0.4 is 10.6 Å². The summed E-state index contributed by atoms with van der Waals surface area (Å²) in [5.74, 6) is 0.850. The van der Waals surface area contributed by atoms with E-state index in [1.165, 1.54) is 22.8 Å². The summed E-state index contributed by atoms with van der Waals surface area (Å²) in [7, 11) is 1.74. The van der Waals surface area contributed by atoms with Gasteiger partial charge in [-0.2, -0.15) is 0 Å². The van der Waals surface area contributed by atoms with E-state index in [0.29, 0.717) is 30.1 Å². The Balaban J connectivity index is 1.30. The van der Waals surface area contributed by atoms with Gasteiger partial charge in [0, 0.05) is 75.1 Å². The van der Waals surface area contributed by atoms with Gasteiger partial charge in [0.1, 0.15) is 17.3 Å². The third kappa shape index (κ3) is 5.77. The number of piperidine rings is 1. The summed E-state index contributed by atoms with van der Waals surface area (Å²) in [6.07, 6.45) is 7.56. The Hall–Kier alpha value is -2.68. The van der Waals surface area contributed by atoms with E-state index < -0.39 is 0 Å². The number of rotatable bonds is 10. The van der Waals surface area contributed by atoms with E-state index in [2.05, 4.69) is 60.5 Å². The van der Waals surface area contributed by atoms with Gasteiger partial charge in [-0.25, -0.2) is 9.97 Å². The first-order valence-corrected chi connectivity index (χ1v) is 12.8. The fourth-order valence-electron chi connectivity index (χ4n) is 5.07. The van der Waals surface area contributed by atoms with Crippen LogP contribution in [0, 0.1) is 5.92 Å². The van der Waals surface area contributed by atoms with Gasteiger partial charge in [-0.1, -0.05) is 29.8 Å². The molecule has 3 heterocycles. The van der Waals surface area contributed by atoms with Crippen molar-refractivity contribution in [1.82, 2.24) is 24.8 Å². The lowest BCUT2D eigenvalue weighted by Gasteiger charge is -2.34. The summed E-state index contributed by atoms with van der Waals surface area (Å²) in [5, 5.41) is 8.48. The molecule has 186 valence electrons. The molecule has 2 aliphatic rings. The number of hydrogen-bond acceptors (Lipinski definition) is 6. The molecule has 0 spiro atoms. The number of carbonyl (C=O) groups is 1. The molecule has 0 unspecified atom stereocenters. The molecule has 1 saturated heterocycles. The number of aromatic nitrogens is 3. The summed E-state index contributed by atoms with van der Waals surface area (Å²) in [6.45, 7) is 3.77. The molecule has 5 rings (SSSR count). The minimum atomic E-state index is -0.0748. The van der Waals surface area contributed by atoms with E-state index in [9.17, 15) is 4.79 Å². The van der Waals surface area contributed by atoms with Crippen LogP contribution in [-0.2, 0) is 22.6 Å². The number of halogens is 1. The molecular weight excluding hydrogens is 464 g/mol. The third-order valence-corrected chi connectivity index (χ3v) is 7.12. The van der Waals surface area contributed by atoms with Crippen molar-refractivity contribution >= 4 is 34.2 Å². The second kappa shape index (κ2) is 10.9. The number of amides is 1. The molecule has 3 aromatic rings. The number of methoxy groups -OCH3 is 1. The Morgan fingerprint density at radius 1 is 1.29 bits per heavy atom. The Kier molecular flexibility index (Phi) is 7.51. The molecule has 8 nitrogen and oxygen atoms in total. The molecule has 1 aliphatic heterocycles. The normalized spacial score (nSPS) is 20.2. The predicted octanol–water partition coefficient (Wildman–Crippen LogP) is 3.70. The second-order valence-corrected chi connectivity index (χ2v) is 9.95. The smallest absolute Gasteiger partial charge is 0.227 e. The Morgan fingerprint density at radius 2 is 2.14 bits per heavy atom. The molecule has 1 aliphatic carbocycles. The lowest BCUT2D eigenvalue weighted by Crippen LogP contribution is -2.49. The number of fused-ring (bicyclic) bond motifs is 1. The molecule has 2 atom stereocenters. The van der Waals surface area contributed by atoms with Crippen LogP contribution in [0.2, 0.25) is 5.15 Å². The van der Waals surface area contributed by atoms with Crippen LogP contribution >= 0.6 is 11.6 Å². The summed E-state index contributed by atoms with van der Waals surface area (Å²) in [6, 6.07) is 10.6. The molecule has 2 aromatic heterocycles. The molecule has 1 amide bonds. The number of nitrogens with one attached hydrogen (secondary N) is 2. The standard InChI is InChI=1S/C26H33ClN6O2/c1-35-10-4-9-32-15-19(22-5-2-3-6-23(22)32)16-33(21-7-8-21)26(34)18-11-20(14-28-13-18)31-25-12-24(27)29-17-30-25/h2-3,5-6,12,15,17-18,20-21,28H,4,7-11,13-14,16H2,1H3,(H,29,30,31)/t18-,20+/m1/s1. The molecule has 1 saturated carbocycles. The van der Waals surface area contributed by atoms with Crippen molar-refractivity contribution in [1.29, 1.82) is 0 Å². The van der Waals surface area contributed by atoms with E-state index in [4.69, 9.17) is 16.3 Å². The van der Waals surface area contributed by atoms with Gasteiger partial charge in [0.05, 0.1) is 5.92 Å². The molecule has 0 bridgehead atoms. The van der Waals surface area contributed by atoms with Crippen molar-refractivity contribution in [3.63, 3.8) is 0 Å². The fourth-order valence-corrected chi connectivity index (χ4v) is 5.21. The maximum Gasteiger partial charge on any atom is 0.227 e. The van der Waals surface area contributed by atoms with Crippen molar-refractivity contribution in [3.05, 3.63) is 53.6 Å². The van der Waals surface area contributed by atoms with Crippen molar-refractivity contribution in [2.75, 3.05) is 32.1 Å². The molecule has 1 aromatic carbocycles. The van der Waals surface area contributed by atoms with Gasteiger partial charge in [-0.3, -0.25) is 4.79 Å². The monoisotopic (exact) mass is 496 g/mol. The van der Waals surface area contributed by atoms with Crippen LogP contribution in [0.5, 0.6) is 0 Å². The summed E-state index contributed by atoms with van der Waals surface area (Å²) in [4.78, 5) is 24.1. The van der Waals surface area contributed by atoms with Crippen LogP contribution in [0.25, 0.3) is 10.9 Å². The maximum atomic E-state index is 13.8. The number of carbonyl (C=O) groups excluding carboxylic acids is 1. The number of ether oxygens (including phenoxy) is 1. The first-order chi connectivity index (χ1) is 17.1. The van der Waals surface area contributed by atoms with E-state index in [1.807, 2.05) is 0 Å². The van der Waals surface area contributed by atoms with Gasteiger partial charge in [0.2, 0.25) is 5.91 Å². The average molecular weight is 497 g/mol. The summed E-state index contributed by atoms with van der Waals surface area (Å²) < 4.78 is 7.55. The zero-order valence-electron chi connectivity index (χ0n) is 20.1. The van der Waals surface area contributed by atoms with Crippen molar-refractivity contribution < 1.29 is 9.53 Å². The number of benzene rings is 1. The van der Waals surface area contributed by atoms with Gasteiger partial charge in [0.15, 0.2) is 0 Å². The Morgan fingerprint density at radius 3 is 2.94 bits per heavy atom. The maximum absolute atomic E-state index is 13.8. The summed E-state index contributed by atoms with van der Waals surface area (Å²) >= 11 is 6.01. The lowest BCUT2D eigenvalue weighted by molar-refractivity contribution is -0.137. The molecule has 35 heavy (non-hydrogen) atoms. The lowest BCUT2D eigenvalue weighted by atomic mass is 9.94. The van der Waals surface area contributed by atoms with Crippen LogP contribution in [0.15, 0.2) is 42.9 Å². The largest absolute Gasteiger partial charge is 0.385 e. The summed E-state index contributed by atoms with van der Waals surface area (Å²) in [5.41, 5.74) is 2.43. The van der Waals surface area contributed by atoms with Crippen molar-refractivity contribution in [3.8, 4) is 0 Å². The number of hydrogen-bond donors (Lipinski definition) is 2. The predicted molar refractivity (Wildman–Crippen MR) is 137 cm³/mol. The van der Waals surface area contributed by atoms with E-state index in [-0.39, 0.29) is 17.9 Å². The second-order valence-electron chi connectivity index (χ2n) is 9.57. The van der Waals surface area contributed by atoms with Crippen LogP contribution in [0.1, 0.15) is 31.2 Å². The number of nitrogens with zero attached hydrogens (tertiary/aromatic N) is 4. The SMILES string of the molecule is COCCCn1cc(CN(C(=O)[C@H]2CNC[C@@H](Nc3cc(Cl)ncn3)C2)C2CC2)c2ccccc21. The minimum Gasteiger partial charge on any atom is -0.385 e. The average Bonchev–Trinajstić information content (AvgIpc) is 3.65.